The largest absolute Gasteiger partial charge is 0.504 e. The Kier molecular flexibility index (Phi) is 6.07. The molecule has 1 heterocycles. The number of thiocarbonyl (C=S) groups is 1. The van der Waals surface area contributed by atoms with Crippen molar-refractivity contribution in [3.05, 3.63) is 27.1 Å². The zero-order valence-electron chi connectivity index (χ0n) is 14.0. The van der Waals surface area contributed by atoms with E-state index in [1.165, 1.54) is 18.2 Å². The first-order chi connectivity index (χ1) is 12.0. The van der Waals surface area contributed by atoms with Crippen LogP contribution in [0.4, 0.5) is 0 Å². The molecule has 1 saturated carbocycles. The number of nitrogens with zero attached hydrogens (tertiary/aromatic N) is 1. The van der Waals surface area contributed by atoms with Crippen molar-refractivity contribution in [2.75, 3.05) is 6.61 Å². The Morgan fingerprint density at radius 3 is 2.80 bits per heavy atom. The summed E-state index contributed by atoms with van der Waals surface area (Å²) in [6.45, 7) is 2.31. The van der Waals surface area contributed by atoms with E-state index in [2.05, 4.69) is 15.9 Å². The quantitative estimate of drug-likeness (QED) is 0.520. The van der Waals surface area contributed by atoms with Crippen molar-refractivity contribution < 1.29 is 14.6 Å². The van der Waals surface area contributed by atoms with E-state index in [4.69, 9.17) is 17.0 Å². The molecule has 0 spiro atoms. The van der Waals surface area contributed by atoms with Gasteiger partial charge < -0.3 is 9.84 Å². The van der Waals surface area contributed by atoms with E-state index >= 15 is 0 Å². The lowest BCUT2D eigenvalue weighted by Crippen LogP contribution is -2.39. The molecule has 4 nitrogen and oxygen atoms in total. The number of benzene rings is 1. The number of halogens is 1. The number of thioether (sulfide) groups is 1. The number of carbonyl (C=O) groups excluding carboxylic acids is 1. The maximum atomic E-state index is 12.9. The van der Waals surface area contributed by atoms with E-state index in [9.17, 15) is 9.90 Å². The van der Waals surface area contributed by atoms with Gasteiger partial charge in [0.05, 0.1) is 11.5 Å². The highest BCUT2D eigenvalue weighted by atomic mass is 79.9. The van der Waals surface area contributed by atoms with E-state index in [1.54, 1.807) is 17.0 Å². The fraction of sp³-hybridized carbons (Fsp3) is 0.444. The number of aromatic hydroxyl groups is 1. The first-order valence-corrected chi connectivity index (χ1v) is 10.5. The van der Waals surface area contributed by atoms with Crippen molar-refractivity contribution >= 4 is 56.2 Å². The molecule has 0 aromatic heterocycles. The van der Waals surface area contributed by atoms with Crippen LogP contribution in [0.15, 0.2) is 21.5 Å². The van der Waals surface area contributed by atoms with Crippen LogP contribution in [0.1, 0.15) is 44.6 Å². The third-order valence-electron chi connectivity index (χ3n) is 4.43. The molecular formula is C18H20BrNO3S2. The zero-order chi connectivity index (χ0) is 18.0. The molecule has 3 rings (SSSR count). The molecule has 0 atom stereocenters. The minimum atomic E-state index is -0.0140. The van der Waals surface area contributed by atoms with Crippen LogP contribution < -0.4 is 4.74 Å². The number of rotatable bonds is 4. The highest BCUT2D eigenvalue weighted by Gasteiger charge is 2.37. The summed E-state index contributed by atoms with van der Waals surface area (Å²) in [6, 6.07) is 3.55. The number of amides is 1. The maximum absolute atomic E-state index is 12.9. The fourth-order valence-corrected chi connectivity index (χ4v) is 5.05. The lowest BCUT2D eigenvalue weighted by molar-refractivity contribution is -0.124. The number of phenols is 1. The molecule has 25 heavy (non-hydrogen) atoms. The van der Waals surface area contributed by atoms with Gasteiger partial charge in [0.15, 0.2) is 11.5 Å². The minimum Gasteiger partial charge on any atom is -0.504 e. The number of hydrogen-bond donors (Lipinski definition) is 1. The Hall–Kier alpha value is -1.05. The molecule has 1 aromatic rings. The molecule has 1 aliphatic carbocycles. The Morgan fingerprint density at radius 1 is 1.40 bits per heavy atom. The van der Waals surface area contributed by atoms with Crippen molar-refractivity contribution in [3.63, 3.8) is 0 Å². The van der Waals surface area contributed by atoms with Gasteiger partial charge >= 0.3 is 0 Å². The van der Waals surface area contributed by atoms with Crippen molar-refractivity contribution in [3.8, 4) is 11.5 Å². The van der Waals surface area contributed by atoms with Gasteiger partial charge in [-0.2, -0.15) is 0 Å². The van der Waals surface area contributed by atoms with Crippen LogP contribution in [-0.2, 0) is 4.79 Å². The summed E-state index contributed by atoms with van der Waals surface area (Å²) in [6.07, 6.45) is 7.41. The van der Waals surface area contributed by atoms with E-state index in [1.807, 2.05) is 13.0 Å². The molecule has 134 valence electrons. The molecule has 2 aliphatic rings. The molecule has 7 heteroatoms. The highest BCUT2D eigenvalue weighted by molar-refractivity contribution is 9.10. The highest BCUT2D eigenvalue weighted by Crippen LogP contribution is 2.39. The second-order valence-corrected chi connectivity index (χ2v) is 8.65. The van der Waals surface area contributed by atoms with Gasteiger partial charge in [-0.25, -0.2) is 0 Å². The summed E-state index contributed by atoms with van der Waals surface area (Å²) < 4.78 is 6.78. The summed E-state index contributed by atoms with van der Waals surface area (Å²) in [5, 5.41) is 9.94. The lowest BCUT2D eigenvalue weighted by atomic mass is 9.94. The van der Waals surface area contributed by atoms with Crippen molar-refractivity contribution in [1.29, 1.82) is 0 Å². The summed E-state index contributed by atoms with van der Waals surface area (Å²) in [4.78, 5) is 15.3. The van der Waals surface area contributed by atoms with Crippen LogP contribution in [0.5, 0.6) is 11.5 Å². The zero-order valence-corrected chi connectivity index (χ0v) is 17.2. The Morgan fingerprint density at radius 2 is 2.12 bits per heavy atom. The standard InChI is InChI=1S/C18H20BrNO3S2/c1-2-23-15-8-11(13(19)10-14(15)21)9-16-17(22)20(18(24)25-16)12-6-4-3-5-7-12/h8-10,12,21H,2-7H2,1H3/b16-9+. The maximum Gasteiger partial charge on any atom is 0.266 e. The molecule has 1 saturated heterocycles. The second-order valence-electron chi connectivity index (χ2n) is 6.12. The van der Waals surface area contributed by atoms with Gasteiger partial charge in [-0.05, 0) is 43.5 Å². The number of phenolic OH excluding ortho intramolecular Hbond substituents is 1. The van der Waals surface area contributed by atoms with Gasteiger partial charge in [0.1, 0.15) is 4.32 Å². The van der Waals surface area contributed by atoms with Crippen molar-refractivity contribution in [1.82, 2.24) is 4.90 Å². The molecule has 0 unspecified atom stereocenters. The summed E-state index contributed by atoms with van der Waals surface area (Å²) >= 11 is 10.2. The topological polar surface area (TPSA) is 49.8 Å². The predicted octanol–water partition coefficient (Wildman–Crippen LogP) is 5.09. The van der Waals surface area contributed by atoms with Crippen LogP contribution in [0, 0.1) is 0 Å². The van der Waals surface area contributed by atoms with Crippen LogP contribution in [0.2, 0.25) is 0 Å². The SMILES string of the molecule is CCOc1cc(/C=C2/SC(=S)N(C3CCCCC3)C2=O)c(Br)cc1O. The lowest BCUT2D eigenvalue weighted by Gasteiger charge is -2.29. The second kappa shape index (κ2) is 8.10. The summed E-state index contributed by atoms with van der Waals surface area (Å²) in [5.74, 6) is 0.458. The monoisotopic (exact) mass is 441 g/mol. The van der Waals surface area contributed by atoms with Gasteiger partial charge in [-0.1, -0.05) is 59.2 Å². The van der Waals surface area contributed by atoms with E-state index in [0.717, 1.165) is 31.2 Å². The van der Waals surface area contributed by atoms with E-state index in [-0.39, 0.29) is 17.7 Å². The van der Waals surface area contributed by atoms with Crippen LogP contribution in [-0.4, -0.2) is 32.9 Å². The van der Waals surface area contributed by atoms with Gasteiger partial charge in [0.2, 0.25) is 0 Å². The van der Waals surface area contributed by atoms with E-state index in [0.29, 0.717) is 26.1 Å². The Labute approximate surface area is 165 Å². The first-order valence-electron chi connectivity index (χ1n) is 8.43. The molecule has 1 aromatic carbocycles. The Bertz CT molecular complexity index is 729. The van der Waals surface area contributed by atoms with Gasteiger partial charge in [-0.3, -0.25) is 9.69 Å². The third-order valence-corrected chi connectivity index (χ3v) is 6.45. The Balaban J connectivity index is 1.88. The molecular weight excluding hydrogens is 422 g/mol. The van der Waals surface area contributed by atoms with Crippen molar-refractivity contribution in [2.24, 2.45) is 0 Å². The third kappa shape index (κ3) is 4.04. The molecule has 0 bridgehead atoms. The average Bonchev–Trinajstić information content (AvgIpc) is 2.87. The van der Waals surface area contributed by atoms with Gasteiger partial charge in [-0.15, -0.1) is 0 Å². The minimum absolute atomic E-state index is 0.0140. The molecule has 0 radical (unpaired) electrons. The molecule has 1 amide bonds. The van der Waals surface area contributed by atoms with Crippen LogP contribution in [0.3, 0.4) is 0 Å². The normalized spacial score (nSPS) is 20.6. The smallest absolute Gasteiger partial charge is 0.266 e. The van der Waals surface area contributed by atoms with Gasteiger partial charge in [0.25, 0.3) is 5.91 Å². The van der Waals surface area contributed by atoms with Gasteiger partial charge in [0, 0.05) is 10.5 Å². The van der Waals surface area contributed by atoms with Crippen LogP contribution in [0.25, 0.3) is 6.08 Å². The molecule has 2 fully saturated rings. The fourth-order valence-electron chi connectivity index (χ4n) is 3.22. The number of carbonyl (C=O) groups is 1. The number of hydrogen-bond acceptors (Lipinski definition) is 5. The number of ether oxygens (including phenoxy) is 1. The average molecular weight is 442 g/mol. The molecule has 1 N–H and O–H groups in total. The predicted molar refractivity (Wildman–Crippen MR) is 109 cm³/mol. The summed E-state index contributed by atoms with van der Waals surface area (Å²) in [5.41, 5.74) is 0.783. The first kappa shape index (κ1) is 18.7. The van der Waals surface area contributed by atoms with Crippen LogP contribution >= 0.6 is 39.9 Å². The van der Waals surface area contributed by atoms with E-state index < -0.39 is 0 Å². The summed E-state index contributed by atoms with van der Waals surface area (Å²) in [7, 11) is 0. The molecule has 1 aliphatic heterocycles. The van der Waals surface area contributed by atoms with Crippen molar-refractivity contribution in [2.45, 2.75) is 45.1 Å².